The molecule has 1 unspecified atom stereocenters. The molecule has 0 saturated heterocycles. The molecule has 1 saturated carbocycles. The van der Waals surface area contributed by atoms with Crippen molar-refractivity contribution in [1.29, 1.82) is 0 Å². The smallest absolute Gasteiger partial charge is 0.191 e. The van der Waals surface area contributed by atoms with E-state index in [1.165, 1.54) is 25.0 Å². The van der Waals surface area contributed by atoms with Gasteiger partial charge in [-0.1, -0.05) is 13.0 Å². The van der Waals surface area contributed by atoms with E-state index < -0.39 is 0 Å². The van der Waals surface area contributed by atoms with E-state index in [0.29, 0.717) is 18.3 Å². The van der Waals surface area contributed by atoms with Crippen LogP contribution in [0.25, 0.3) is 0 Å². The van der Waals surface area contributed by atoms with Crippen LogP contribution in [-0.2, 0) is 0 Å². The molecule has 118 valence electrons. The van der Waals surface area contributed by atoms with Crippen molar-refractivity contribution < 1.29 is 9.13 Å². The SMILES string of the molecule is CCC(CNC(=NC)NC1CC1)Oc1cccc(F)c1.I. The average Bonchev–Trinajstić information content (AvgIpc) is 3.25. The van der Waals surface area contributed by atoms with Crippen molar-refractivity contribution in [2.24, 2.45) is 4.99 Å². The van der Waals surface area contributed by atoms with E-state index in [4.69, 9.17) is 4.74 Å². The number of guanidine groups is 1. The largest absolute Gasteiger partial charge is 0.489 e. The van der Waals surface area contributed by atoms with E-state index in [1.807, 2.05) is 6.92 Å². The second-order valence-electron chi connectivity index (χ2n) is 4.98. The molecular weight excluding hydrogens is 384 g/mol. The van der Waals surface area contributed by atoms with Crippen molar-refractivity contribution in [3.63, 3.8) is 0 Å². The van der Waals surface area contributed by atoms with Gasteiger partial charge in [0, 0.05) is 19.2 Å². The lowest BCUT2D eigenvalue weighted by molar-refractivity contribution is 0.198. The summed E-state index contributed by atoms with van der Waals surface area (Å²) in [4.78, 5) is 4.17. The number of hydrogen-bond donors (Lipinski definition) is 2. The summed E-state index contributed by atoms with van der Waals surface area (Å²) in [5, 5.41) is 6.56. The van der Waals surface area contributed by atoms with Crippen molar-refractivity contribution in [1.82, 2.24) is 10.6 Å². The minimum Gasteiger partial charge on any atom is -0.489 e. The van der Waals surface area contributed by atoms with Crippen LogP contribution in [0.4, 0.5) is 4.39 Å². The van der Waals surface area contributed by atoms with E-state index in [-0.39, 0.29) is 35.9 Å². The second-order valence-corrected chi connectivity index (χ2v) is 4.98. The van der Waals surface area contributed by atoms with Crippen LogP contribution in [-0.4, -0.2) is 31.7 Å². The van der Waals surface area contributed by atoms with Crippen LogP contribution in [0, 0.1) is 5.82 Å². The summed E-state index contributed by atoms with van der Waals surface area (Å²) in [7, 11) is 1.76. The van der Waals surface area contributed by atoms with E-state index in [1.54, 1.807) is 19.2 Å². The third-order valence-corrected chi connectivity index (χ3v) is 3.19. The summed E-state index contributed by atoms with van der Waals surface area (Å²) >= 11 is 0. The Bertz CT molecular complexity index is 466. The van der Waals surface area contributed by atoms with Crippen molar-refractivity contribution in [2.45, 2.75) is 38.3 Å². The van der Waals surface area contributed by atoms with Gasteiger partial charge in [0.2, 0.25) is 0 Å². The molecule has 0 bridgehead atoms. The zero-order valence-corrected chi connectivity index (χ0v) is 14.8. The standard InChI is InChI=1S/C15H22FN3O.HI/c1-3-13(20-14-6-4-5-11(16)9-14)10-18-15(17-2)19-12-7-8-12;/h4-6,9,12-13H,3,7-8,10H2,1-2H3,(H2,17,18,19);1H. The van der Waals surface area contributed by atoms with Crippen molar-refractivity contribution in [2.75, 3.05) is 13.6 Å². The van der Waals surface area contributed by atoms with Gasteiger partial charge in [-0.3, -0.25) is 4.99 Å². The van der Waals surface area contributed by atoms with E-state index in [2.05, 4.69) is 15.6 Å². The highest BCUT2D eigenvalue weighted by atomic mass is 127. The molecule has 1 atom stereocenters. The van der Waals surface area contributed by atoms with Crippen molar-refractivity contribution >= 4 is 29.9 Å². The molecule has 1 aromatic rings. The number of rotatable bonds is 6. The van der Waals surface area contributed by atoms with Crippen LogP contribution in [0.1, 0.15) is 26.2 Å². The number of nitrogens with one attached hydrogen (secondary N) is 2. The van der Waals surface area contributed by atoms with E-state index >= 15 is 0 Å². The highest BCUT2D eigenvalue weighted by Gasteiger charge is 2.22. The number of hydrogen-bond acceptors (Lipinski definition) is 2. The zero-order valence-electron chi connectivity index (χ0n) is 12.4. The molecule has 0 heterocycles. The number of halogens is 2. The fourth-order valence-electron chi connectivity index (χ4n) is 1.83. The highest BCUT2D eigenvalue weighted by Crippen LogP contribution is 2.18. The monoisotopic (exact) mass is 407 g/mol. The summed E-state index contributed by atoms with van der Waals surface area (Å²) in [6, 6.07) is 6.79. The molecule has 0 radical (unpaired) electrons. The van der Waals surface area contributed by atoms with Crippen LogP contribution in [0.15, 0.2) is 29.3 Å². The minimum atomic E-state index is -0.281. The summed E-state index contributed by atoms with van der Waals surface area (Å²) in [5.41, 5.74) is 0. The van der Waals surface area contributed by atoms with Gasteiger partial charge in [-0.25, -0.2) is 4.39 Å². The second kappa shape index (κ2) is 9.07. The molecule has 2 rings (SSSR count). The molecular formula is C15H23FIN3O. The van der Waals surface area contributed by atoms with E-state index in [9.17, 15) is 4.39 Å². The van der Waals surface area contributed by atoms with Gasteiger partial charge in [-0.2, -0.15) is 0 Å². The van der Waals surface area contributed by atoms with Gasteiger partial charge in [0.15, 0.2) is 5.96 Å². The summed E-state index contributed by atoms with van der Waals surface area (Å²) in [5.74, 6) is 1.08. The van der Waals surface area contributed by atoms with E-state index in [0.717, 1.165) is 12.4 Å². The van der Waals surface area contributed by atoms with Crippen LogP contribution < -0.4 is 15.4 Å². The quantitative estimate of drug-likeness (QED) is 0.433. The molecule has 1 aliphatic carbocycles. The Kier molecular flexibility index (Phi) is 7.77. The lowest BCUT2D eigenvalue weighted by Crippen LogP contribution is -2.43. The molecule has 1 aromatic carbocycles. The van der Waals surface area contributed by atoms with Crippen LogP contribution in [0.5, 0.6) is 5.75 Å². The molecule has 4 nitrogen and oxygen atoms in total. The van der Waals surface area contributed by atoms with Gasteiger partial charge in [-0.05, 0) is 31.4 Å². The van der Waals surface area contributed by atoms with Crippen LogP contribution in [0.3, 0.4) is 0 Å². The Balaban J connectivity index is 0.00000220. The Hall–Kier alpha value is -1.05. The molecule has 1 aliphatic rings. The molecule has 6 heteroatoms. The molecule has 0 aromatic heterocycles. The molecule has 2 N–H and O–H groups in total. The van der Waals surface area contributed by atoms with Gasteiger partial charge < -0.3 is 15.4 Å². The molecule has 1 fully saturated rings. The first-order chi connectivity index (χ1) is 9.71. The Morgan fingerprint density at radius 1 is 1.48 bits per heavy atom. The summed E-state index contributed by atoms with van der Waals surface area (Å²) < 4.78 is 18.9. The minimum absolute atomic E-state index is 0. The number of nitrogens with zero attached hydrogens (tertiary/aromatic N) is 1. The number of benzene rings is 1. The van der Waals surface area contributed by atoms with Crippen molar-refractivity contribution in [3.8, 4) is 5.75 Å². The van der Waals surface area contributed by atoms with Crippen LogP contribution >= 0.6 is 24.0 Å². The molecule has 21 heavy (non-hydrogen) atoms. The fraction of sp³-hybridized carbons (Fsp3) is 0.533. The third kappa shape index (κ3) is 6.50. The first kappa shape index (κ1) is 18.0. The topological polar surface area (TPSA) is 45.7 Å². The molecule has 0 amide bonds. The summed E-state index contributed by atoms with van der Waals surface area (Å²) in [6.07, 6.45) is 3.23. The molecule has 0 aliphatic heterocycles. The van der Waals surface area contributed by atoms with Gasteiger partial charge >= 0.3 is 0 Å². The maximum atomic E-state index is 13.1. The van der Waals surface area contributed by atoms with Crippen molar-refractivity contribution in [3.05, 3.63) is 30.1 Å². The Labute approximate surface area is 142 Å². The number of ether oxygens (including phenoxy) is 1. The number of aliphatic imine (C=N–C) groups is 1. The van der Waals surface area contributed by atoms with Crippen LogP contribution in [0.2, 0.25) is 0 Å². The van der Waals surface area contributed by atoms with Gasteiger partial charge in [0.1, 0.15) is 17.7 Å². The highest BCUT2D eigenvalue weighted by molar-refractivity contribution is 14.0. The first-order valence-electron chi connectivity index (χ1n) is 7.10. The first-order valence-corrected chi connectivity index (χ1v) is 7.10. The predicted molar refractivity (Wildman–Crippen MR) is 94.0 cm³/mol. The van der Waals surface area contributed by atoms with Gasteiger partial charge in [0.25, 0.3) is 0 Å². The predicted octanol–water partition coefficient (Wildman–Crippen LogP) is 2.93. The third-order valence-electron chi connectivity index (χ3n) is 3.19. The maximum absolute atomic E-state index is 13.1. The molecule has 0 spiro atoms. The summed E-state index contributed by atoms with van der Waals surface area (Å²) in [6.45, 7) is 2.68. The fourth-order valence-corrected chi connectivity index (χ4v) is 1.83. The average molecular weight is 407 g/mol. The lowest BCUT2D eigenvalue weighted by Gasteiger charge is -2.20. The van der Waals surface area contributed by atoms with Gasteiger partial charge in [-0.15, -0.1) is 24.0 Å². The Morgan fingerprint density at radius 2 is 2.24 bits per heavy atom. The lowest BCUT2D eigenvalue weighted by atomic mass is 10.2. The Morgan fingerprint density at radius 3 is 2.81 bits per heavy atom. The normalized spacial score (nSPS) is 15.9. The maximum Gasteiger partial charge on any atom is 0.191 e. The zero-order chi connectivity index (χ0) is 14.4. The van der Waals surface area contributed by atoms with Gasteiger partial charge in [0.05, 0.1) is 6.54 Å².